The minimum absolute atomic E-state index is 0.00304. The molecule has 3 aliphatic rings. The van der Waals surface area contributed by atoms with E-state index in [1.165, 1.54) is 17.7 Å². The van der Waals surface area contributed by atoms with Crippen LogP contribution < -0.4 is 16.1 Å². The quantitative estimate of drug-likeness (QED) is 0.842. The molecule has 1 aromatic heterocycles. The molecule has 0 radical (unpaired) electrons. The number of fused-ring (bicyclic) bond motifs is 1. The van der Waals surface area contributed by atoms with Gasteiger partial charge in [0, 0.05) is 42.3 Å². The third-order valence-electron chi connectivity index (χ3n) is 6.65. The summed E-state index contributed by atoms with van der Waals surface area (Å²) in [5.74, 6) is -3.01. The number of pyridine rings is 1. The van der Waals surface area contributed by atoms with E-state index in [2.05, 4.69) is 0 Å². The van der Waals surface area contributed by atoms with Gasteiger partial charge in [0.25, 0.3) is 0 Å². The summed E-state index contributed by atoms with van der Waals surface area (Å²) in [6.07, 6.45) is 4.64. The monoisotopic (exact) mass is 389 g/mol. The lowest BCUT2D eigenvalue weighted by atomic mass is 10.0. The van der Waals surface area contributed by atoms with E-state index in [-0.39, 0.29) is 39.7 Å². The molecule has 1 spiro atoms. The number of halogens is 2. The summed E-state index contributed by atoms with van der Waals surface area (Å²) in [5.41, 5.74) is 4.67. The molecule has 2 saturated carbocycles. The summed E-state index contributed by atoms with van der Waals surface area (Å²) in [5, 5.41) is 9.19. The predicted molar refractivity (Wildman–Crippen MR) is 99.9 cm³/mol. The number of benzene rings is 1. The first-order valence-electron chi connectivity index (χ1n) is 9.55. The van der Waals surface area contributed by atoms with Crippen LogP contribution in [0.1, 0.15) is 47.6 Å². The number of nitrogens with two attached hydrogens (primary N) is 1. The standard InChI is InChI=1S/C20H21F2N3O3/c1-9-13-16(25(10-2-3-10)6-11(18(13)26)19(27)28)15(22)17(14(9)21)24-7-12(23)20(8-24)4-5-20/h6,10,12H,2-5,7-8,23H2,1H3,(H,27,28)/t12-/m0/s1. The van der Waals surface area contributed by atoms with Gasteiger partial charge in [0.1, 0.15) is 11.3 Å². The molecule has 148 valence electrons. The lowest BCUT2D eigenvalue weighted by molar-refractivity contribution is 0.0695. The van der Waals surface area contributed by atoms with Gasteiger partial charge in [-0.1, -0.05) is 0 Å². The summed E-state index contributed by atoms with van der Waals surface area (Å²) in [4.78, 5) is 25.9. The maximum absolute atomic E-state index is 15.7. The average molecular weight is 389 g/mol. The zero-order valence-electron chi connectivity index (χ0n) is 15.5. The van der Waals surface area contributed by atoms with Crippen LogP contribution in [0.2, 0.25) is 0 Å². The van der Waals surface area contributed by atoms with Crippen molar-refractivity contribution in [2.45, 2.75) is 44.7 Å². The molecule has 2 aromatic rings. The topological polar surface area (TPSA) is 88.6 Å². The van der Waals surface area contributed by atoms with Gasteiger partial charge >= 0.3 is 5.97 Å². The number of rotatable bonds is 3. The summed E-state index contributed by atoms with van der Waals surface area (Å²) < 4.78 is 32.5. The van der Waals surface area contributed by atoms with Crippen molar-refractivity contribution in [3.63, 3.8) is 0 Å². The van der Waals surface area contributed by atoms with Crippen molar-refractivity contribution in [1.82, 2.24) is 4.57 Å². The van der Waals surface area contributed by atoms with Crippen LogP contribution >= 0.6 is 0 Å². The molecule has 1 aliphatic heterocycles. The van der Waals surface area contributed by atoms with E-state index < -0.39 is 28.6 Å². The van der Waals surface area contributed by atoms with Gasteiger partial charge in [-0.25, -0.2) is 13.6 Å². The highest BCUT2D eigenvalue weighted by molar-refractivity contribution is 5.95. The van der Waals surface area contributed by atoms with Crippen LogP contribution in [-0.2, 0) is 0 Å². The molecule has 28 heavy (non-hydrogen) atoms. The first kappa shape index (κ1) is 17.6. The summed E-state index contributed by atoms with van der Waals surface area (Å²) in [6.45, 7) is 2.27. The molecule has 2 aliphatic carbocycles. The Morgan fingerprint density at radius 1 is 1.29 bits per heavy atom. The highest BCUT2D eigenvalue weighted by atomic mass is 19.1. The first-order chi connectivity index (χ1) is 13.2. The number of hydrogen-bond donors (Lipinski definition) is 2. The Kier molecular flexibility index (Phi) is 3.48. The van der Waals surface area contributed by atoms with E-state index in [1.807, 2.05) is 0 Å². The molecule has 1 atom stereocenters. The Morgan fingerprint density at radius 3 is 2.50 bits per heavy atom. The molecule has 8 heteroatoms. The van der Waals surface area contributed by atoms with E-state index in [1.54, 1.807) is 4.90 Å². The molecule has 2 heterocycles. The van der Waals surface area contributed by atoms with Crippen LogP contribution in [0.4, 0.5) is 14.5 Å². The third-order valence-corrected chi connectivity index (χ3v) is 6.65. The fourth-order valence-corrected chi connectivity index (χ4v) is 4.62. The SMILES string of the molecule is Cc1c(F)c(N2C[C@H](N)C3(CC3)C2)c(F)c2c1c(=O)c(C(=O)O)cn2C1CC1. The summed E-state index contributed by atoms with van der Waals surface area (Å²) in [6, 6.07) is -0.216. The maximum Gasteiger partial charge on any atom is 0.341 e. The van der Waals surface area contributed by atoms with Crippen molar-refractivity contribution in [2.75, 3.05) is 18.0 Å². The number of aromatic nitrogens is 1. The predicted octanol–water partition coefficient (Wildman–Crippen LogP) is 2.55. The van der Waals surface area contributed by atoms with Gasteiger partial charge in [0.05, 0.1) is 10.9 Å². The molecule has 0 bridgehead atoms. The molecule has 3 fully saturated rings. The van der Waals surface area contributed by atoms with Crippen molar-refractivity contribution in [3.8, 4) is 0 Å². The van der Waals surface area contributed by atoms with Gasteiger partial charge < -0.3 is 20.3 Å². The molecular weight excluding hydrogens is 368 g/mol. The largest absolute Gasteiger partial charge is 0.477 e. The molecule has 5 rings (SSSR count). The summed E-state index contributed by atoms with van der Waals surface area (Å²) in [7, 11) is 0. The lowest BCUT2D eigenvalue weighted by Crippen LogP contribution is -2.31. The maximum atomic E-state index is 15.7. The normalized spacial score (nSPS) is 23.0. The van der Waals surface area contributed by atoms with Gasteiger partial charge in [0.15, 0.2) is 11.6 Å². The number of carboxylic acid groups (broad SMARTS) is 1. The van der Waals surface area contributed by atoms with Crippen molar-refractivity contribution < 1.29 is 18.7 Å². The molecule has 3 N–H and O–H groups in total. The summed E-state index contributed by atoms with van der Waals surface area (Å²) >= 11 is 0. The van der Waals surface area contributed by atoms with Gasteiger partial charge in [0.2, 0.25) is 5.43 Å². The van der Waals surface area contributed by atoms with Crippen molar-refractivity contribution >= 4 is 22.6 Å². The second-order valence-electron chi connectivity index (χ2n) is 8.49. The second kappa shape index (κ2) is 5.53. The molecule has 1 saturated heterocycles. The van der Waals surface area contributed by atoms with E-state index in [0.717, 1.165) is 25.7 Å². The van der Waals surface area contributed by atoms with Gasteiger partial charge in [-0.2, -0.15) is 0 Å². The first-order valence-corrected chi connectivity index (χ1v) is 9.55. The zero-order valence-corrected chi connectivity index (χ0v) is 15.5. The molecule has 1 aromatic carbocycles. The Balaban J connectivity index is 1.81. The van der Waals surface area contributed by atoms with Gasteiger partial charge in [-0.05, 0) is 32.6 Å². The van der Waals surface area contributed by atoms with Crippen LogP contribution in [0.3, 0.4) is 0 Å². The van der Waals surface area contributed by atoms with Crippen LogP contribution in [0.5, 0.6) is 0 Å². The van der Waals surface area contributed by atoms with Crippen LogP contribution in [0.15, 0.2) is 11.0 Å². The smallest absolute Gasteiger partial charge is 0.341 e. The van der Waals surface area contributed by atoms with Crippen molar-refractivity contribution in [1.29, 1.82) is 0 Å². The zero-order chi connectivity index (χ0) is 20.0. The van der Waals surface area contributed by atoms with Gasteiger partial charge in [-0.15, -0.1) is 0 Å². The number of aryl methyl sites for hydroxylation is 1. The third kappa shape index (κ3) is 2.27. The van der Waals surface area contributed by atoms with Gasteiger partial charge in [-0.3, -0.25) is 4.79 Å². The Labute approximate surface area is 159 Å². The fourth-order valence-electron chi connectivity index (χ4n) is 4.62. The van der Waals surface area contributed by atoms with Crippen LogP contribution in [-0.4, -0.2) is 34.8 Å². The highest BCUT2D eigenvalue weighted by Gasteiger charge is 2.54. The van der Waals surface area contributed by atoms with E-state index in [4.69, 9.17) is 5.73 Å². The van der Waals surface area contributed by atoms with Crippen LogP contribution in [0, 0.1) is 24.0 Å². The Bertz CT molecular complexity index is 1100. The number of anilines is 1. The van der Waals surface area contributed by atoms with E-state index >= 15 is 8.78 Å². The number of carboxylic acids is 1. The minimum Gasteiger partial charge on any atom is -0.477 e. The second-order valence-corrected chi connectivity index (χ2v) is 8.49. The van der Waals surface area contributed by atoms with E-state index in [0.29, 0.717) is 13.1 Å². The molecule has 0 unspecified atom stereocenters. The minimum atomic E-state index is -1.40. The highest BCUT2D eigenvalue weighted by Crippen LogP contribution is 2.53. The number of carbonyl (C=O) groups is 1. The molecule has 0 amide bonds. The van der Waals surface area contributed by atoms with Crippen LogP contribution in [0.25, 0.3) is 10.9 Å². The molecular formula is C20H21F2N3O3. The average Bonchev–Trinajstić information content (AvgIpc) is 3.53. The fraction of sp³-hybridized carbons (Fsp3) is 0.500. The van der Waals surface area contributed by atoms with Crippen molar-refractivity contribution in [3.05, 3.63) is 39.2 Å². The number of nitrogens with zero attached hydrogens (tertiary/aromatic N) is 2. The van der Waals surface area contributed by atoms with E-state index in [9.17, 15) is 14.7 Å². The molecule has 6 nitrogen and oxygen atoms in total. The Hall–Kier alpha value is -2.48. The number of hydrogen-bond acceptors (Lipinski definition) is 4. The van der Waals surface area contributed by atoms with Crippen molar-refractivity contribution in [2.24, 2.45) is 11.1 Å². The number of aromatic carboxylic acids is 1. The Morgan fingerprint density at radius 2 is 1.96 bits per heavy atom. The lowest BCUT2D eigenvalue weighted by Gasteiger charge is -2.24.